The summed E-state index contributed by atoms with van der Waals surface area (Å²) < 4.78 is 1.51. The van der Waals surface area contributed by atoms with E-state index in [9.17, 15) is 9.59 Å². The highest BCUT2D eigenvalue weighted by Gasteiger charge is 2.08. The molecule has 0 unspecified atom stereocenters. The van der Waals surface area contributed by atoms with Gasteiger partial charge < -0.3 is 5.32 Å². The van der Waals surface area contributed by atoms with Gasteiger partial charge in [0.15, 0.2) is 0 Å². The molecule has 2 N–H and O–H groups in total. The number of H-pyrrole nitrogens is 1. The van der Waals surface area contributed by atoms with Crippen molar-refractivity contribution in [3.05, 3.63) is 38.7 Å². The van der Waals surface area contributed by atoms with Crippen LogP contribution in [0, 0.1) is 0 Å². The van der Waals surface area contributed by atoms with Gasteiger partial charge in [0.2, 0.25) is 0 Å². The van der Waals surface area contributed by atoms with Gasteiger partial charge in [-0.2, -0.15) is 0 Å². The second-order valence-electron chi connectivity index (χ2n) is 4.80. The fourth-order valence-electron chi connectivity index (χ4n) is 2.15. The largest absolute Gasteiger partial charge is 0.329 e. The van der Waals surface area contributed by atoms with Crippen molar-refractivity contribution >= 4 is 11.0 Å². The maximum absolute atomic E-state index is 11.9. The fraction of sp³-hybridized carbons (Fsp3) is 0.500. The minimum Gasteiger partial charge on any atom is -0.313 e. The van der Waals surface area contributed by atoms with E-state index in [0.29, 0.717) is 24.1 Å². The van der Waals surface area contributed by atoms with Crippen molar-refractivity contribution in [2.24, 2.45) is 0 Å². The van der Waals surface area contributed by atoms with Crippen LogP contribution in [0.3, 0.4) is 0 Å². The van der Waals surface area contributed by atoms with Gasteiger partial charge in [-0.1, -0.05) is 13.8 Å². The first-order valence-electron chi connectivity index (χ1n) is 6.99. The molecule has 0 aliphatic carbocycles. The molecule has 2 aromatic rings. The zero-order valence-corrected chi connectivity index (χ0v) is 11.9. The lowest BCUT2D eigenvalue weighted by Gasteiger charge is -2.09. The smallest absolute Gasteiger partial charge is 0.313 e. The van der Waals surface area contributed by atoms with Crippen LogP contribution in [0.4, 0.5) is 0 Å². The molecular weight excluding hydrogens is 256 g/mol. The van der Waals surface area contributed by atoms with Crippen LogP contribution in [0.2, 0.25) is 0 Å². The van der Waals surface area contributed by atoms with E-state index in [4.69, 9.17) is 0 Å². The Hall–Kier alpha value is -1.95. The lowest BCUT2D eigenvalue weighted by atomic mass is 10.2. The Morgan fingerprint density at radius 3 is 2.80 bits per heavy atom. The van der Waals surface area contributed by atoms with Crippen molar-refractivity contribution in [1.29, 1.82) is 0 Å². The molecular formula is C14H20N4O2. The number of fused-ring (bicyclic) bond motifs is 1. The molecule has 20 heavy (non-hydrogen) atoms. The number of aryl methyl sites for hydroxylation is 1. The summed E-state index contributed by atoms with van der Waals surface area (Å²) in [5.41, 5.74) is 0.633. The van der Waals surface area contributed by atoms with Crippen LogP contribution in [0.1, 0.15) is 32.3 Å². The topological polar surface area (TPSA) is 79.8 Å². The quantitative estimate of drug-likeness (QED) is 0.771. The van der Waals surface area contributed by atoms with Gasteiger partial charge >= 0.3 is 5.69 Å². The van der Waals surface area contributed by atoms with Gasteiger partial charge in [0.1, 0.15) is 5.65 Å². The Morgan fingerprint density at radius 2 is 2.10 bits per heavy atom. The fourth-order valence-corrected chi connectivity index (χ4v) is 2.15. The van der Waals surface area contributed by atoms with Crippen molar-refractivity contribution in [2.45, 2.75) is 39.8 Å². The number of pyridine rings is 1. The van der Waals surface area contributed by atoms with Gasteiger partial charge in [0.25, 0.3) is 5.56 Å². The summed E-state index contributed by atoms with van der Waals surface area (Å²) in [5.74, 6) is 0. The first-order valence-corrected chi connectivity index (χ1v) is 6.99. The summed E-state index contributed by atoms with van der Waals surface area (Å²) in [7, 11) is 0. The Bertz CT molecular complexity index is 702. The highest BCUT2D eigenvalue weighted by molar-refractivity contribution is 5.74. The number of nitrogens with one attached hydrogen (secondary N) is 2. The van der Waals surface area contributed by atoms with E-state index < -0.39 is 5.69 Å². The summed E-state index contributed by atoms with van der Waals surface area (Å²) in [6, 6.07) is 1.80. The van der Waals surface area contributed by atoms with Gasteiger partial charge in [-0.15, -0.1) is 0 Å². The zero-order valence-electron chi connectivity index (χ0n) is 11.9. The molecule has 2 aromatic heterocycles. The molecule has 2 rings (SSSR count). The number of rotatable bonds is 6. The molecule has 6 nitrogen and oxygen atoms in total. The highest BCUT2D eigenvalue weighted by atomic mass is 16.2. The highest BCUT2D eigenvalue weighted by Crippen LogP contribution is 2.08. The van der Waals surface area contributed by atoms with Gasteiger partial charge in [-0.05, 0) is 31.0 Å². The van der Waals surface area contributed by atoms with Gasteiger partial charge in [0, 0.05) is 19.3 Å². The van der Waals surface area contributed by atoms with Gasteiger partial charge in [0.05, 0.1) is 5.39 Å². The van der Waals surface area contributed by atoms with Crippen LogP contribution >= 0.6 is 0 Å². The summed E-state index contributed by atoms with van der Waals surface area (Å²) in [6.07, 6.45) is 3.58. The van der Waals surface area contributed by atoms with E-state index in [0.717, 1.165) is 24.9 Å². The van der Waals surface area contributed by atoms with Gasteiger partial charge in [-0.25, -0.2) is 9.78 Å². The Kier molecular flexibility index (Phi) is 4.68. The number of aromatic amines is 1. The van der Waals surface area contributed by atoms with E-state index in [1.165, 1.54) is 4.57 Å². The average Bonchev–Trinajstić information content (AvgIpc) is 2.44. The lowest BCUT2D eigenvalue weighted by Crippen LogP contribution is -2.31. The van der Waals surface area contributed by atoms with E-state index >= 15 is 0 Å². The first kappa shape index (κ1) is 14.5. The van der Waals surface area contributed by atoms with Crippen LogP contribution in [-0.4, -0.2) is 21.1 Å². The second kappa shape index (κ2) is 6.47. The molecule has 0 spiro atoms. The van der Waals surface area contributed by atoms with E-state index in [1.54, 1.807) is 12.3 Å². The molecule has 0 atom stereocenters. The first-order chi connectivity index (χ1) is 9.67. The van der Waals surface area contributed by atoms with Crippen LogP contribution in [0.5, 0.6) is 0 Å². The molecule has 0 bridgehead atoms. The van der Waals surface area contributed by atoms with Crippen molar-refractivity contribution in [3.63, 3.8) is 0 Å². The molecule has 0 aliphatic rings. The second-order valence-corrected chi connectivity index (χ2v) is 4.80. The standard InChI is InChI=1S/C14H20N4O2/c1-3-5-15-8-10-7-11-12(16-9-10)18(6-4-2)14(20)17-13(11)19/h7,9,15H,3-6,8H2,1-2H3,(H,17,19,20). The molecule has 0 amide bonds. The number of hydrogen-bond acceptors (Lipinski definition) is 4. The molecule has 6 heteroatoms. The number of aromatic nitrogens is 3. The van der Waals surface area contributed by atoms with Crippen molar-refractivity contribution in [3.8, 4) is 0 Å². The lowest BCUT2D eigenvalue weighted by molar-refractivity contribution is 0.649. The molecule has 0 aromatic carbocycles. The van der Waals surface area contributed by atoms with Crippen molar-refractivity contribution in [1.82, 2.24) is 19.9 Å². The Morgan fingerprint density at radius 1 is 1.30 bits per heavy atom. The predicted molar refractivity (Wildman–Crippen MR) is 78.9 cm³/mol. The normalized spacial score (nSPS) is 11.1. The Labute approximate surface area is 116 Å². The molecule has 0 saturated heterocycles. The molecule has 0 saturated carbocycles. The predicted octanol–water partition coefficient (Wildman–Crippen LogP) is 0.994. The molecule has 0 radical (unpaired) electrons. The van der Waals surface area contributed by atoms with Crippen molar-refractivity contribution in [2.75, 3.05) is 6.54 Å². The molecule has 0 aliphatic heterocycles. The average molecular weight is 276 g/mol. The molecule has 108 valence electrons. The third-order valence-corrected chi connectivity index (χ3v) is 3.09. The van der Waals surface area contributed by atoms with E-state index in [-0.39, 0.29) is 5.56 Å². The number of hydrogen-bond donors (Lipinski definition) is 2. The zero-order chi connectivity index (χ0) is 14.5. The molecule has 0 fully saturated rings. The summed E-state index contributed by atoms with van der Waals surface area (Å²) in [5, 5.41) is 3.73. The van der Waals surface area contributed by atoms with Crippen LogP contribution < -0.4 is 16.6 Å². The third-order valence-electron chi connectivity index (χ3n) is 3.09. The van der Waals surface area contributed by atoms with Crippen LogP contribution in [0.25, 0.3) is 11.0 Å². The number of nitrogens with zero attached hydrogens (tertiary/aromatic N) is 2. The summed E-state index contributed by atoms with van der Waals surface area (Å²) >= 11 is 0. The Balaban J connectivity index is 2.47. The summed E-state index contributed by atoms with van der Waals surface area (Å²) in [6.45, 7) is 6.21. The third kappa shape index (κ3) is 2.96. The maximum Gasteiger partial charge on any atom is 0.329 e. The van der Waals surface area contributed by atoms with Crippen LogP contribution in [-0.2, 0) is 13.1 Å². The van der Waals surface area contributed by atoms with Crippen LogP contribution in [0.15, 0.2) is 21.9 Å². The van der Waals surface area contributed by atoms with E-state index in [1.807, 2.05) is 6.92 Å². The maximum atomic E-state index is 11.9. The monoisotopic (exact) mass is 276 g/mol. The summed E-state index contributed by atoms with van der Waals surface area (Å²) in [4.78, 5) is 30.4. The van der Waals surface area contributed by atoms with Crippen molar-refractivity contribution < 1.29 is 0 Å². The van der Waals surface area contributed by atoms with Gasteiger partial charge in [-0.3, -0.25) is 14.3 Å². The van der Waals surface area contributed by atoms with E-state index in [2.05, 4.69) is 22.2 Å². The molecule has 2 heterocycles. The minimum absolute atomic E-state index is 0.373. The minimum atomic E-state index is -0.395. The SMILES string of the molecule is CCCNCc1cnc2c(c1)c(=O)[nH]c(=O)n2CCC.